The van der Waals surface area contributed by atoms with Gasteiger partial charge < -0.3 is 4.90 Å². The van der Waals surface area contributed by atoms with Crippen molar-refractivity contribution in [2.45, 2.75) is 64.3 Å². The number of rotatable bonds is 6. The van der Waals surface area contributed by atoms with Crippen LogP contribution in [0.1, 0.15) is 58.3 Å². The van der Waals surface area contributed by atoms with Gasteiger partial charge in [0.05, 0.1) is 0 Å². The van der Waals surface area contributed by atoms with Crippen LogP contribution in [0.25, 0.3) is 0 Å². The van der Waals surface area contributed by atoms with Crippen LogP contribution in [0.3, 0.4) is 0 Å². The summed E-state index contributed by atoms with van der Waals surface area (Å²) in [5, 5.41) is 0. The minimum Gasteiger partial charge on any atom is -0.301 e. The first kappa shape index (κ1) is 13.3. The normalized spacial score (nSPS) is 24.0. The third-order valence-electron chi connectivity index (χ3n) is 3.52. The van der Waals surface area contributed by atoms with Gasteiger partial charge in [0.2, 0.25) is 0 Å². The van der Waals surface area contributed by atoms with Gasteiger partial charge in [-0.25, -0.2) is 0 Å². The minimum atomic E-state index is 0.820. The fourth-order valence-electron chi connectivity index (χ4n) is 2.43. The van der Waals surface area contributed by atoms with Crippen LogP contribution < -0.4 is 0 Å². The first-order valence-corrected chi connectivity index (χ1v) is 7.18. The van der Waals surface area contributed by atoms with Gasteiger partial charge in [-0.15, -0.1) is 11.6 Å². The zero-order chi connectivity index (χ0) is 10.9. The van der Waals surface area contributed by atoms with Gasteiger partial charge in [0.1, 0.15) is 0 Å². The van der Waals surface area contributed by atoms with Crippen LogP contribution in [0, 0.1) is 0 Å². The molecule has 1 unspecified atom stereocenters. The second-order valence-electron chi connectivity index (χ2n) is 4.84. The van der Waals surface area contributed by atoms with Crippen LogP contribution in [0.15, 0.2) is 0 Å². The number of hydrogen-bond donors (Lipinski definition) is 0. The van der Waals surface area contributed by atoms with Crippen molar-refractivity contribution in [3.8, 4) is 0 Å². The van der Waals surface area contributed by atoms with E-state index in [2.05, 4.69) is 11.8 Å². The van der Waals surface area contributed by atoms with Crippen molar-refractivity contribution < 1.29 is 0 Å². The van der Waals surface area contributed by atoms with Crippen LogP contribution >= 0.6 is 11.6 Å². The molecule has 15 heavy (non-hydrogen) atoms. The monoisotopic (exact) mass is 231 g/mol. The van der Waals surface area contributed by atoms with Crippen molar-refractivity contribution in [3.05, 3.63) is 0 Å². The lowest BCUT2D eigenvalue weighted by atomic mass is 10.1. The van der Waals surface area contributed by atoms with Gasteiger partial charge in [-0.05, 0) is 45.7 Å². The summed E-state index contributed by atoms with van der Waals surface area (Å²) in [4.78, 5) is 2.69. The average Bonchev–Trinajstić information content (AvgIpc) is 2.44. The summed E-state index contributed by atoms with van der Waals surface area (Å²) < 4.78 is 0. The maximum atomic E-state index is 5.66. The fraction of sp³-hybridized carbons (Fsp3) is 1.00. The van der Waals surface area contributed by atoms with Gasteiger partial charge in [0.15, 0.2) is 0 Å². The molecule has 0 radical (unpaired) electrons. The van der Waals surface area contributed by atoms with Gasteiger partial charge in [-0.1, -0.05) is 25.7 Å². The van der Waals surface area contributed by atoms with E-state index in [4.69, 9.17) is 11.6 Å². The maximum Gasteiger partial charge on any atom is 0.0223 e. The molecule has 90 valence electrons. The van der Waals surface area contributed by atoms with E-state index in [0.29, 0.717) is 0 Å². The number of hydrogen-bond acceptors (Lipinski definition) is 1. The summed E-state index contributed by atoms with van der Waals surface area (Å²) in [6, 6.07) is 0.820. The smallest absolute Gasteiger partial charge is 0.0223 e. The van der Waals surface area contributed by atoms with Crippen molar-refractivity contribution in [1.29, 1.82) is 0 Å². The molecule has 0 aromatic heterocycles. The van der Waals surface area contributed by atoms with Gasteiger partial charge >= 0.3 is 0 Å². The molecule has 2 heteroatoms. The summed E-state index contributed by atoms with van der Waals surface area (Å²) in [6.45, 7) is 5.03. The Bertz CT molecular complexity index is 149. The Hall–Kier alpha value is 0.250. The summed E-state index contributed by atoms with van der Waals surface area (Å²) >= 11 is 5.66. The molecule has 1 saturated heterocycles. The number of alkyl halides is 1. The lowest BCUT2D eigenvalue weighted by Crippen LogP contribution is -2.33. The molecule has 0 aliphatic carbocycles. The zero-order valence-corrected chi connectivity index (χ0v) is 10.9. The van der Waals surface area contributed by atoms with E-state index >= 15 is 0 Å². The van der Waals surface area contributed by atoms with Crippen molar-refractivity contribution in [2.75, 3.05) is 19.0 Å². The molecule has 1 heterocycles. The molecule has 0 aromatic carbocycles. The molecule has 0 aromatic rings. The van der Waals surface area contributed by atoms with E-state index in [0.717, 1.165) is 11.9 Å². The molecule has 0 saturated carbocycles. The topological polar surface area (TPSA) is 3.24 Å². The van der Waals surface area contributed by atoms with Crippen molar-refractivity contribution >= 4 is 11.6 Å². The molecule has 1 rings (SSSR count). The van der Waals surface area contributed by atoms with E-state index in [1.54, 1.807) is 0 Å². The molecule has 1 aliphatic rings. The Morgan fingerprint density at radius 1 is 1.07 bits per heavy atom. The van der Waals surface area contributed by atoms with E-state index < -0.39 is 0 Å². The van der Waals surface area contributed by atoms with Gasteiger partial charge in [0.25, 0.3) is 0 Å². The number of nitrogens with zero attached hydrogens (tertiary/aromatic N) is 1. The molecule has 0 N–H and O–H groups in total. The summed E-state index contributed by atoms with van der Waals surface area (Å²) in [7, 11) is 0. The van der Waals surface area contributed by atoms with Crippen molar-refractivity contribution in [3.63, 3.8) is 0 Å². The van der Waals surface area contributed by atoms with E-state index in [9.17, 15) is 0 Å². The Morgan fingerprint density at radius 3 is 2.67 bits per heavy atom. The van der Waals surface area contributed by atoms with Gasteiger partial charge in [-0.2, -0.15) is 0 Å². The molecular formula is C13H26ClN. The predicted octanol–water partition coefficient (Wildman–Crippen LogP) is 4.05. The molecule has 0 bridgehead atoms. The quantitative estimate of drug-likeness (QED) is 0.493. The van der Waals surface area contributed by atoms with Crippen LogP contribution in [-0.4, -0.2) is 29.9 Å². The lowest BCUT2D eigenvalue weighted by molar-refractivity contribution is 0.209. The Morgan fingerprint density at radius 2 is 1.87 bits per heavy atom. The zero-order valence-electron chi connectivity index (χ0n) is 10.2. The van der Waals surface area contributed by atoms with E-state index in [1.807, 2.05) is 0 Å². The van der Waals surface area contributed by atoms with Crippen LogP contribution in [-0.2, 0) is 0 Å². The third kappa shape index (κ3) is 5.77. The highest BCUT2D eigenvalue weighted by Gasteiger charge is 2.15. The second kappa shape index (κ2) is 8.41. The maximum absolute atomic E-state index is 5.66. The standard InChI is InChI=1S/C13H26ClN/c1-13-9-5-4-8-12-15(13)11-7-3-2-6-10-14/h13H,2-12H2,1H3. The minimum absolute atomic E-state index is 0.820. The Labute approximate surface area is 100 Å². The van der Waals surface area contributed by atoms with Crippen molar-refractivity contribution in [2.24, 2.45) is 0 Å². The Kier molecular flexibility index (Phi) is 7.46. The van der Waals surface area contributed by atoms with E-state index in [1.165, 1.54) is 64.5 Å². The highest BCUT2D eigenvalue weighted by molar-refractivity contribution is 6.17. The van der Waals surface area contributed by atoms with Crippen LogP contribution in [0.5, 0.6) is 0 Å². The average molecular weight is 232 g/mol. The largest absolute Gasteiger partial charge is 0.301 e. The number of unbranched alkanes of at least 4 members (excludes halogenated alkanes) is 3. The first-order chi connectivity index (χ1) is 7.34. The second-order valence-corrected chi connectivity index (χ2v) is 5.22. The highest BCUT2D eigenvalue weighted by Crippen LogP contribution is 2.17. The molecular weight excluding hydrogens is 206 g/mol. The van der Waals surface area contributed by atoms with Gasteiger partial charge in [-0.3, -0.25) is 0 Å². The SMILES string of the molecule is CC1CCCCCN1CCCCCCCl. The summed E-state index contributed by atoms with van der Waals surface area (Å²) in [5.74, 6) is 0.833. The van der Waals surface area contributed by atoms with Crippen LogP contribution in [0.4, 0.5) is 0 Å². The molecule has 1 aliphatic heterocycles. The summed E-state index contributed by atoms with van der Waals surface area (Å²) in [5.41, 5.74) is 0. The van der Waals surface area contributed by atoms with Crippen LogP contribution in [0.2, 0.25) is 0 Å². The third-order valence-corrected chi connectivity index (χ3v) is 3.79. The van der Waals surface area contributed by atoms with E-state index in [-0.39, 0.29) is 0 Å². The first-order valence-electron chi connectivity index (χ1n) is 6.64. The molecule has 1 nitrogen and oxygen atoms in total. The fourth-order valence-corrected chi connectivity index (χ4v) is 2.62. The molecule has 1 atom stereocenters. The number of halogens is 1. The lowest BCUT2D eigenvalue weighted by Gasteiger charge is -2.26. The predicted molar refractivity (Wildman–Crippen MR) is 68.7 cm³/mol. The number of likely N-dealkylation sites (tertiary alicyclic amines) is 1. The molecule has 0 spiro atoms. The summed E-state index contributed by atoms with van der Waals surface area (Å²) in [6.07, 6.45) is 10.9. The Balaban J connectivity index is 2.07. The van der Waals surface area contributed by atoms with Gasteiger partial charge in [0, 0.05) is 11.9 Å². The molecule has 1 fully saturated rings. The van der Waals surface area contributed by atoms with Crippen molar-refractivity contribution in [1.82, 2.24) is 4.90 Å². The molecule has 0 amide bonds. The highest BCUT2D eigenvalue weighted by atomic mass is 35.5.